The summed E-state index contributed by atoms with van der Waals surface area (Å²) in [5.74, 6) is 0.517. The summed E-state index contributed by atoms with van der Waals surface area (Å²) in [6.07, 6.45) is 0.944. The Morgan fingerprint density at radius 1 is 1.25 bits per heavy atom. The molecule has 0 spiro atoms. The third kappa shape index (κ3) is 3.93. The minimum atomic E-state index is -0.140. The van der Waals surface area contributed by atoms with E-state index >= 15 is 0 Å². The predicted molar refractivity (Wildman–Crippen MR) is 67.8 cm³/mol. The standard InChI is InChI=1S/C13H20N2O/c1-4-9-14-13(16)15-12-7-5-11(6-8-12)10(2)3/h5-8,10H,4,9H2,1-3H3,(H2,14,15,16). The highest BCUT2D eigenvalue weighted by Gasteiger charge is 2.01. The Morgan fingerprint density at radius 2 is 1.88 bits per heavy atom. The molecule has 3 nitrogen and oxygen atoms in total. The number of benzene rings is 1. The van der Waals surface area contributed by atoms with Crippen LogP contribution < -0.4 is 10.6 Å². The van der Waals surface area contributed by atoms with Crippen molar-refractivity contribution in [3.05, 3.63) is 29.8 Å². The van der Waals surface area contributed by atoms with E-state index in [2.05, 4.69) is 24.5 Å². The predicted octanol–water partition coefficient (Wildman–Crippen LogP) is 3.34. The second-order valence-corrected chi connectivity index (χ2v) is 4.16. The number of rotatable bonds is 4. The number of hydrogen-bond acceptors (Lipinski definition) is 1. The van der Waals surface area contributed by atoms with Crippen LogP contribution in [0, 0.1) is 0 Å². The number of nitrogens with one attached hydrogen (secondary N) is 2. The van der Waals surface area contributed by atoms with Crippen molar-refractivity contribution in [2.45, 2.75) is 33.1 Å². The molecule has 0 aromatic heterocycles. The molecule has 0 unspecified atom stereocenters. The zero-order valence-corrected chi connectivity index (χ0v) is 10.2. The van der Waals surface area contributed by atoms with E-state index in [4.69, 9.17) is 0 Å². The van der Waals surface area contributed by atoms with Crippen molar-refractivity contribution >= 4 is 11.7 Å². The van der Waals surface area contributed by atoms with Gasteiger partial charge < -0.3 is 10.6 Å². The lowest BCUT2D eigenvalue weighted by atomic mass is 10.0. The fourth-order valence-corrected chi connectivity index (χ4v) is 1.37. The van der Waals surface area contributed by atoms with Crippen molar-refractivity contribution in [1.29, 1.82) is 0 Å². The van der Waals surface area contributed by atoms with Crippen LogP contribution in [0.4, 0.5) is 10.5 Å². The van der Waals surface area contributed by atoms with Gasteiger partial charge >= 0.3 is 6.03 Å². The van der Waals surface area contributed by atoms with E-state index in [0.717, 1.165) is 12.1 Å². The van der Waals surface area contributed by atoms with Crippen LogP contribution in [0.5, 0.6) is 0 Å². The molecule has 0 fully saturated rings. The molecule has 1 aromatic carbocycles. The maximum atomic E-state index is 11.4. The second kappa shape index (κ2) is 6.16. The molecule has 88 valence electrons. The first-order chi connectivity index (χ1) is 7.63. The van der Waals surface area contributed by atoms with E-state index in [-0.39, 0.29) is 6.03 Å². The average molecular weight is 220 g/mol. The fourth-order valence-electron chi connectivity index (χ4n) is 1.37. The first-order valence-electron chi connectivity index (χ1n) is 5.78. The summed E-state index contributed by atoms with van der Waals surface area (Å²) in [5, 5.41) is 5.56. The van der Waals surface area contributed by atoms with Crippen LogP contribution in [-0.2, 0) is 0 Å². The molecular weight excluding hydrogens is 200 g/mol. The number of carbonyl (C=O) groups excluding carboxylic acids is 1. The topological polar surface area (TPSA) is 41.1 Å². The van der Waals surface area contributed by atoms with Crippen molar-refractivity contribution in [3.8, 4) is 0 Å². The Balaban J connectivity index is 2.51. The summed E-state index contributed by atoms with van der Waals surface area (Å²) in [7, 11) is 0. The van der Waals surface area contributed by atoms with Crippen molar-refractivity contribution in [3.63, 3.8) is 0 Å². The molecule has 0 aliphatic rings. The van der Waals surface area contributed by atoms with Gasteiger partial charge in [0.25, 0.3) is 0 Å². The molecule has 1 rings (SSSR count). The molecule has 2 N–H and O–H groups in total. The fraction of sp³-hybridized carbons (Fsp3) is 0.462. The van der Waals surface area contributed by atoms with Gasteiger partial charge in [0.2, 0.25) is 0 Å². The SMILES string of the molecule is CCCNC(=O)Nc1ccc(C(C)C)cc1. The Bertz CT molecular complexity index is 330. The molecule has 3 heteroatoms. The van der Waals surface area contributed by atoms with Gasteiger partial charge in [-0.2, -0.15) is 0 Å². The maximum Gasteiger partial charge on any atom is 0.319 e. The van der Waals surface area contributed by atoms with E-state index in [0.29, 0.717) is 12.5 Å². The zero-order valence-electron chi connectivity index (χ0n) is 10.2. The van der Waals surface area contributed by atoms with Gasteiger partial charge in [-0.25, -0.2) is 4.79 Å². The Kier molecular flexibility index (Phi) is 4.83. The maximum absolute atomic E-state index is 11.4. The Morgan fingerprint density at radius 3 is 2.38 bits per heavy atom. The minimum Gasteiger partial charge on any atom is -0.338 e. The molecule has 0 aliphatic heterocycles. The lowest BCUT2D eigenvalue weighted by molar-refractivity contribution is 0.252. The van der Waals surface area contributed by atoms with Gasteiger partial charge in [0.15, 0.2) is 0 Å². The van der Waals surface area contributed by atoms with Crippen molar-refractivity contribution in [2.75, 3.05) is 11.9 Å². The summed E-state index contributed by atoms with van der Waals surface area (Å²) < 4.78 is 0. The molecule has 0 heterocycles. The highest BCUT2D eigenvalue weighted by Crippen LogP contribution is 2.16. The average Bonchev–Trinajstić information content (AvgIpc) is 2.27. The van der Waals surface area contributed by atoms with Crippen LogP contribution in [0.1, 0.15) is 38.7 Å². The molecule has 0 aliphatic carbocycles. The Hall–Kier alpha value is -1.51. The molecule has 0 bridgehead atoms. The number of carbonyl (C=O) groups is 1. The monoisotopic (exact) mass is 220 g/mol. The van der Waals surface area contributed by atoms with E-state index < -0.39 is 0 Å². The number of anilines is 1. The van der Waals surface area contributed by atoms with Gasteiger partial charge in [-0.15, -0.1) is 0 Å². The van der Waals surface area contributed by atoms with Crippen molar-refractivity contribution < 1.29 is 4.79 Å². The van der Waals surface area contributed by atoms with Gasteiger partial charge in [0.1, 0.15) is 0 Å². The van der Waals surface area contributed by atoms with Crippen LogP contribution in [0.3, 0.4) is 0 Å². The van der Waals surface area contributed by atoms with Crippen molar-refractivity contribution in [1.82, 2.24) is 5.32 Å². The quantitative estimate of drug-likeness (QED) is 0.802. The third-order valence-corrected chi connectivity index (χ3v) is 2.37. The van der Waals surface area contributed by atoms with E-state index in [1.165, 1.54) is 5.56 Å². The van der Waals surface area contributed by atoms with Gasteiger partial charge in [-0.05, 0) is 30.0 Å². The van der Waals surface area contributed by atoms with E-state index in [9.17, 15) is 4.79 Å². The number of urea groups is 1. The van der Waals surface area contributed by atoms with Gasteiger partial charge in [0.05, 0.1) is 0 Å². The highest BCUT2D eigenvalue weighted by atomic mass is 16.2. The Labute approximate surface area is 97.2 Å². The molecular formula is C13H20N2O. The van der Waals surface area contributed by atoms with Crippen LogP contribution >= 0.6 is 0 Å². The molecule has 0 saturated heterocycles. The molecule has 0 saturated carbocycles. The van der Waals surface area contributed by atoms with Crippen molar-refractivity contribution in [2.24, 2.45) is 0 Å². The third-order valence-electron chi connectivity index (χ3n) is 2.37. The minimum absolute atomic E-state index is 0.140. The van der Waals surface area contributed by atoms with Crippen LogP contribution in [0.2, 0.25) is 0 Å². The van der Waals surface area contributed by atoms with Crippen LogP contribution in [0.15, 0.2) is 24.3 Å². The van der Waals surface area contributed by atoms with Crippen LogP contribution in [-0.4, -0.2) is 12.6 Å². The zero-order chi connectivity index (χ0) is 12.0. The summed E-state index contributed by atoms with van der Waals surface area (Å²) >= 11 is 0. The highest BCUT2D eigenvalue weighted by molar-refractivity contribution is 5.89. The molecule has 2 amide bonds. The normalized spacial score (nSPS) is 10.2. The van der Waals surface area contributed by atoms with E-state index in [1.807, 2.05) is 31.2 Å². The summed E-state index contributed by atoms with van der Waals surface area (Å²) in [6, 6.07) is 7.81. The lowest BCUT2D eigenvalue weighted by Crippen LogP contribution is -2.29. The number of hydrogen-bond donors (Lipinski definition) is 2. The molecule has 0 atom stereocenters. The van der Waals surface area contributed by atoms with Gasteiger partial charge in [0, 0.05) is 12.2 Å². The second-order valence-electron chi connectivity index (χ2n) is 4.16. The van der Waals surface area contributed by atoms with E-state index in [1.54, 1.807) is 0 Å². The van der Waals surface area contributed by atoms with Crippen LogP contribution in [0.25, 0.3) is 0 Å². The molecule has 16 heavy (non-hydrogen) atoms. The lowest BCUT2D eigenvalue weighted by Gasteiger charge is -2.09. The summed E-state index contributed by atoms with van der Waals surface area (Å²) in [6.45, 7) is 7.03. The molecule has 1 aromatic rings. The summed E-state index contributed by atoms with van der Waals surface area (Å²) in [4.78, 5) is 11.4. The summed E-state index contributed by atoms with van der Waals surface area (Å²) in [5.41, 5.74) is 2.11. The first-order valence-corrected chi connectivity index (χ1v) is 5.78. The number of amides is 2. The largest absolute Gasteiger partial charge is 0.338 e. The smallest absolute Gasteiger partial charge is 0.319 e. The van der Waals surface area contributed by atoms with Gasteiger partial charge in [-0.3, -0.25) is 0 Å². The first kappa shape index (κ1) is 12.6. The molecule has 0 radical (unpaired) electrons. The van der Waals surface area contributed by atoms with Gasteiger partial charge in [-0.1, -0.05) is 32.9 Å².